The summed E-state index contributed by atoms with van der Waals surface area (Å²) in [6.45, 7) is 3.16. The molecule has 0 spiro atoms. The molecule has 1 aliphatic carbocycles. The first kappa shape index (κ1) is 18.6. The van der Waals surface area contributed by atoms with E-state index < -0.39 is 0 Å². The molecular weight excluding hydrogens is 368 g/mol. The van der Waals surface area contributed by atoms with Crippen molar-refractivity contribution in [2.24, 2.45) is 5.92 Å². The number of fused-ring (bicyclic) bond motifs is 1. The number of aromatic nitrogens is 3. The predicted molar refractivity (Wildman–Crippen MR) is 122 cm³/mol. The molecular formula is C26H26N4. The Bertz CT molecular complexity index is 1100. The number of hydrogen-bond acceptors (Lipinski definition) is 3. The second-order valence-corrected chi connectivity index (χ2v) is 8.00. The van der Waals surface area contributed by atoms with Crippen LogP contribution in [-0.4, -0.2) is 21.3 Å². The van der Waals surface area contributed by atoms with Gasteiger partial charge in [-0.25, -0.2) is 4.68 Å². The van der Waals surface area contributed by atoms with Crippen LogP contribution in [0.15, 0.2) is 79.1 Å². The third-order valence-corrected chi connectivity index (χ3v) is 5.94. The van der Waals surface area contributed by atoms with E-state index in [2.05, 4.69) is 71.8 Å². The van der Waals surface area contributed by atoms with Gasteiger partial charge in [0.2, 0.25) is 0 Å². The number of anilines is 1. The fourth-order valence-electron chi connectivity index (χ4n) is 4.33. The van der Waals surface area contributed by atoms with Crippen LogP contribution in [0.1, 0.15) is 23.7 Å². The molecule has 2 aromatic carbocycles. The second kappa shape index (κ2) is 8.15. The Balaban J connectivity index is 1.28. The quantitative estimate of drug-likeness (QED) is 0.481. The minimum Gasteiger partial charge on any atom is -0.385 e. The lowest BCUT2D eigenvalue weighted by atomic mass is 10.1. The van der Waals surface area contributed by atoms with Gasteiger partial charge in [0.25, 0.3) is 0 Å². The SMILES string of the molecule is CCc1cc(-c2cccnc2)nn1-c1ccc(NCC2Cc3ccccc3C2)cc1. The first-order valence-electron chi connectivity index (χ1n) is 10.7. The fourth-order valence-corrected chi connectivity index (χ4v) is 4.33. The van der Waals surface area contributed by atoms with Crippen molar-refractivity contribution < 1.29 is 0 Å². The molecule has 150 valence electrons. The highest BCUT2D eigenvalue weighted by atomic mass is 15.3. The molecule has 1 aliphatic rings. The van der Waals surface area contributed by atoms with Gasteiger partial charge in [-0.1, -0.05) is 31.2 Å². The van der Waals surface area contributed by atoms with Crippen LogP contribution in [0, 0.1) is 5.92 Å². The molecule has 0 radical (unpaired) electrons. The van der Waals surface area contributed by atoms with E-state index in [1.54, 1.807) is 6.20 Å². The van der Waals surface area contributed by atoms with Crippen LogP contribution in [0.3, 0.4) is 0 Å². The van der Waals surface area contributed by atoms with Gasteiger partial charge >= 0.3 is 0 Å². The molecule has 4 heteroatoms. The number of rotatable bonds is 6. The maximum Gasteiger partial charge on any atom is 0.0945 e. The molecule has 0 atom stereocenters. The van der Waals surface area contributed by atoms with Crippen LogP contribution in [0.2, 0.25) is 0 Å². The number of nitrogens with zero attached hydrogens (tertiary/aromatic N) is 3. The molecule has 2 aromatic heterocycles. The average Bonchev–Trinajstić information content (AvgIpc) is 3.42. The maximum absolute atomic E-state index is 4.84. The molecule has 0 saturated carbocycles. The molecule has 4 aromatic rings. The Labute approximate surface area is 177 Å². The largest absolute Gasteiger partial charge is 0.385 e. The summed E-state index contributed by atoms with van der Waals surface area (Å²) in [4.78, 5) is 4.22. The van der Waals surface area contributed by atoms with Gasteiger partial charge < -0.3 is 5.32 Å². The number of aryl methyl sites for hydroxylation is 1. The summed E-state index contributed by atoms with van der Waals surface area (Å²) >= 11 is 0. The lowest BCUT2D eigenvalue weighted by molar-refractivity contribution is 0.593. The maximum atomic E-state index is 4.84. The molecule has 0 saturated heterocycles. The molecule has 0 fully saturated rings. The Hall–Kier alpha value is -3.40. The minimum atomic E-state index is 0.668. The first-order chi connectivity index (χ1) is 14.8. The molecule has 5 rings (SSSR count). The van der Waals surface area contributed by atoms with Gasteiger partial charge in [-0.3, -0.25) is 4.98 Å². The normalized spacial score (nSPS) is 13.4. The van der Waals surface area contributed by atoms with Crippen LogP contribution in [-0.2, 0) is 19.3 Å². The zero-order chi connectivity index (χ0) is 20.3. The van der Waals surface area contributed by atoms with E-state index in [0.29, 0.717) is 5.92 Å². The van der Waals surface area contributed by atoms with Crippen molar-refractivity contribution in [1.29, 1.82) is 0 Å². The molecule has 0 amide bonds. The second-order valence-electron chi connectivity index (χ2n) is 8.00. The highest BCUT2D eigenvalue weighted by molar-refractivity contribution is 5.59. The van der Waals surface area contributed by atoms with Gasteiger partial charge in [-0.2, -0.15) is 5.10 Å². The molecule has 30 heavy (non-hydrogen) atoms. The summed E-state index contributed by atoms with van der Waals surface area (Å²) in [6.07, 6.45) is 6.92. The third kappa shape index (κ3) is 3.73. The summed E-state index contributed by atoms with van der Waals surface area (Å²) in [5.74, 6) is 0.668. The van der Waals surface area contributed by atoms with Crippen LogP contribution in [0.25, 0.3) is 16.9 Å². The number of hydrogen-bond donors (Lipinski definition) is 1. The highest BCUT2D eigenvalue weighted by Crippen LogP contribution is 2.27. The smallest absolute Gasteiger partial charge is 0.0945 e. The van der Waals surface area contributed by atoms with Gasteiger partial charge in [0, 0.05) is 35.9 Å². The highest BCUT2D eigenvalue weighted by Gasteiger charge is 2.20. The summed E-state index contributed by atoms with van der Waals surface area (Å²) in [5, 5.41) is 8.46. The monoisotopic (exact) mass is 394 g/mol. The van der Waals surface area contributed by atoms with Crippen molar-refractivity contribution in [3.05, 3.63) is 95.9 Å². The van der Waals surface area contributed by atoms with Crippen molar-refractivity contribution in [3.63, 3.8) is 0 Å². The number of nitrogens with one attached hydrogen (secondary N) is 1. The minimum absolute atomic E-state index is 0.668. The van der Waals surface area contributed by atoms with Gasteiger partial charge in [-0.15, -0.1) is 0 Å². The van der Waals surface area contributed by atoms with E-state index in [0.717, 1.165) is 35.6 Å². The van der Waals surface area contributed by atoms with Crippen molar-refractivity contribution in [2.75, 3.05) is 11.9 Å². The van der Waals surface area contributed by atoms with Crippen LogP contribution < -0.4 is 5.32 Å². The van der Waals surface area contributed by atoms with E-state index >= 15 is 0 Å². The third-order valence-electron chi connectivity index (χ3n) is 5.94. The topological polar surface area (TPSA) is 42.7 Å². The Morgan fingerprint density at radius 3 is 2.40 bits per heavy atom. The van der Waals surface area contributed by atoms with Crippen molar-refractivity contribution in [1.82, 2.24) is 14.8 Å². The first-order valence-corrected chi connectivity index (χ1v) is 10.7. The summed E-state index contributed by atoms with van der Waals surface area (Å²) in [6, 6.07) is 23.6. The van der Waals surface area contributed by atoms with Crippen LogP contribution >= 0.6 is 0 Å². The number of benzene rings is 2. The predicted octanol–water partition coefficient (Wildman–Crippen LogP) is 5.32. The van der Waals surface area contributed by atoms with E-state index in [-0.39, 0.29) is 0 Å². The summed E-state index contributed by atoms with van der Waals surface area (Å²) in [5.41, 5.74) is 8.46. The van der Waals surface area contributed by atoms with Crippen molar-refractivity contribution >= 4 is 5.69 Å². The van der Waals surface area contributed by atoms with E-state index in [1.807, 2.05) is 23.0 Å². The Kier molecular flexibility index (Phi) is 5.06. The Morgan fingerprint density at radius 2 is 1.73 bits per heavy atom. The van der Waals surface area contributed by atoms with Crippen LogP contribution in [0.5, 0.6) is 0 Å². The Morgan fingerprint density at radius 1 is 0.967 bits per heavy atom. The van der Waals surface area contributed by atoms with Crippen molar-refractivity contribution in [2.45, 2.75) is 26.2 Å². The van der Waals surface area contributed by atoms with Gasteiger partial charge in [0.05, 0.1) is 11.4 Å². The summed E-state index contributed by atoms with van der Waals surface area (Å²) in [7, 11) is 0. The zero-order valence-electron chi connectivity index (χ0n) is 17.3. The molecule has 4 nitrogen and oxygen atoms in total. The average molecular weight is 395 g/mol. The molecule has 0 unspecified atom stereocenters. The van der Waals surface area contributed by atoms with Crippen LogP contribution in [0.4, 0.5) is 5.69 Å². The molecule has 0 bridgehead atoms. The van der Waals surface area contributed by atoms with Gasteiger partial charge in [0.15, 0.2) is 0 Å². The fraction of sp³-hybridized carbons (Fsp3) is 0.231. The van der Waals surface area contributed by atoms with Gasteiger partial charge in [0.1, 0.15) is 0 Å². The number of pyridine rings is 1. The molecule has 0 aliphatic heterocycles. The summed E-state index contributed by atoms with van der Waals surface area (Å²) < 4.78 is 2.04. The molecule has 2 heterocycles. The van der Waals surface area contributed by atoms with Gasteiger partial charge in [-0.05, 0) is 78.8 Å². The lowest BCUT2D eigenvalue weighted by Crippen LogP contribution is -2.14. The van der Waals surface area contributed by atoms with E-state index in [9.17, 15) is 0 Å². The van der Waals surface area contributed by atoms with E-state index in [1.165, 1.54) is 29.7 Å². The standard InChI is InChI=1S/C26H26N4/c1-2-24-16-26(22-8-5-13-27-18-22)29-30(24)25-11-9-23(10-12-25)28-17-19-14-20-6-3-4-7-21(20)15-19/h3-13,16,18-19,28H,2,14-15,17H2,1H3. The van der Waals surface area contributed by atoms with Crippen molar-refractivity contribution in [3.8, 4) is 16.9 Å². The molecule has 1 N–H and O–H groups in total. The zero-order valence-corrected chi connectivity index (χ0v) is 17.3. The van der Waals surface area contributed by atoms with E-state index in [4.69, 9.17) is 5.10 Å². The lowest BCUT2D eigenvalue weighted by Gasteiger charge is -2.13.